The minimum absolute atomic E-state index is 0.200. The topological polar surface area (TPSA) is 78.4 Å². The summed E-state index contributed by atoms with van der Waals surface area (Å²) < 4.78 is 27.4. The Kier molecular flexibility index (Phi) is 6.31. The number of sulfonamides is 1. The molecule has 0 radical (unpaired) electrons. The molecular weight excluding hydrogens is 410 g/mol. The number of aromatic nitrogens is 2. The number of nitrogens with one attached hydrogen (secondary N) is 1. The van der Waals surface area contributed by atoms with Crippen molar-refractivity contribution in [2.24, 2.45) is 0 Å². The summed E-state index contributed by atoms with van der Waals surface area (Å²) in [6.07, 6.45) is 3.20. The number of hydrogen-bond donors (Lipinski definition) is 1. The van der Waals surface area contributed by atoms with Crippen molar-refractivity contribution in [2.75, 3.05) is 38.5 Å². The fourth-order valence-electron chi connectivity index (χ4n) is 3.67. The van der Waals surface area contributed by atoms with Crippen molar-refractivity contribution in [3.8, 4) is 0 Å². The monoisotopic (exact) mass is 437 g/mol. The van der Waals surface area contributed by atoms with Gasteiger partial charge in [-0.2, -0.15) is 4.31 Å². The van der Waals surface area contributed by atoms with Gasteiger partial charge in [-0.15, -0.1) is 0 Å². The molecule has 0 amide bonds. The molecule has 0 bridgehead atoms. The van der Waals surface area contributed by atoms with E-state index in [1.54, 1.807) is 18.3 Å². The van der Waals surface area contributed by atoms with Crippen molar-refractivity contribution in [1.29, 1.82) is 0 Å². The summed E-state index contributed by atoms with van der Waals surface area (Å²) in [4.78, 5) is 11.3. The summed E-state index contributed by atoms with van der Waals surface area (Å²) >= 11 is 0. The Hall–Kier alpha value is -2.81. The molecule has 8 heteroatoms. The normalized spacial score (nSPS) is 16.7. The molecule has 0 saturated carbocycles. The van der Waals surface area contributed by atoms with Crippen LogP contribution in [-0.2, 0) is 10.0 Å². The zero-order valence-corrected chi connectivity index (χ0v) is 18.6. The first kappa shape index (κ1) is 21.4. The minimum atomic E-state index is -3.54. The minimum Gasteiger partial charge on any atom is -0.358 e. The maximum Gasteiger partial charge on any atom is 0.244 e. The predicted octanol–water partition coefficient (Wildman–Crippen LogP) is 2.92. The molecule has 31 heavy (non-hydrogen) atoms. The molecule has 1 aromatic carbocycles. The molecule has 1 aliphatic heterocycles. The fourth-order valence-corrected chi connectivity index (χ4v) is 5.04. The third-order valence-corrected chi connectivity index (χ3v) is 7.37. The highest BCUT2D eigenvalue weighted by atomic mass is 32.2. The molecule has 1 N–H and O–H groups in total. The Morgan fingerprint density at radius 1 is 0.968 bits per heavy atom. The zero-order chi connectivity index (χ0) is 21.8. The maximum absolute atomic E-state index is 12.9. The Balaban J connectivity index is 1.57. The van der Waals surface area contributed by atoms with Crippen molar-refractivity contribution in [3.05, 3.63) is 83.8 Å². The molecule has 1 fully saturated rings. The number of anilines is 1. The molecule has 4 rings (SSSR count). The quantitative estimate of drug-likeness (QED) is 0.639. The molecule has 0 aliphatic carbocycles. The first-order valence-corrected chi connectivity index (χ1v) is 11.8. The van der Waals surface area contributed by atoms with Gasteiger partial charge in [0.1, 0.15) is 10.7 Å². The molecule has 7 nitrogen and oxygen atoms in total. The lowest BCUT2D eigenvalue weighted by Gasteiger charge is -2.31. The molecule has 1 atom stereocenters. The van der Waals surface area contributed by atoms with E-state index in [0.717, 1.165) is 29.9 Å². The van der Waals surface area contributed by atoms with Gasteiger partial charge in [0.25, 0.3) is 0 Å². The Bertz CT molecular complexity index is 1110. The van der Waals surface area contributed by atoms with Gasteiger partial charge in [-0.05, 0) is 43.8 Å². The Labute approximate surface area is 183 Å². The molecule has 2 aromatic heterocycles. The molecule has 162 valence electrons. The van der Waals surface area contributed by atoms with E-state index >= 15 is 0 Å². The van der Waals surface area contributed by atoms with Gasteiger partial charge < -0.3 is 10.2 Å². The van der Waals surface area contributed by atoms with Gasteiger partial charge >= 0.3 is 0 Å². The molecule has 3 aromatic rings. The second-order valence-electron chi connectivity index (χ2n) is 7.83. The number of likely N-dealkylation sites (N-methyl/N-ethyl adjacent to an activating group) is 1. The van der Waals surface area contributed by atoms with Crippen LogP contribution in [0.2, 0.25) is 0 Å². The van der Waals surface area contributed by atoms with Crippen LogP contribution >= 0.6 is 0 Å². The number of piperazine rings is 1. The lowest BCUT2D eigenvalue weighted by atomic mass is 10.0. The van der Waals surface area contributed by atoms with Crippen LogP contribution in [-0.4, -0.2) is 60.8 Å². The largest absolute Gasteiger partial charge is 0.358 e. The summed E-state index contributed by atoms with van der Waals surface area (Å²) in [6.45, 7) is 4.50. The van der Waals surface area contributed by atoms with Crippen molar-refractivity contribution in [2.45, 2.75) is 17.9 Å². The number of pyridine rings is 2. The number of nitrogens with zero attached hydrogens (tertiary/aromatic N) is 4. The molecule has 1 saturated heterocycles. The van der Waals surface area contributed by atoms with Crippen LogP contribution in [0.25, 0.3) is 0 Å². The highest BCUT2D eigenvalue weighted by Gasteiger charge is 2.27. The molecule has 0 spiro atoms. The maximum atomic E-state index is 12.9. The standard InChI is InChI=1S/C23H27N5O2S/c1-18-6-5-7-19(16-18)23(21-8-3-4-11-24-21)26-22-10-9-20(17-25-22)31(29,30)28-14-12-27(2)13-15-28/h3-11,16-17,23H,12-15H2,1-2H3,(H,25,26). The van der Waals surface area contributed by atoms with Gasteiger partial charge in [0.15, 0.2) is 0 Å². The highest BCUT2D eigenvalue weighted by Crippen LogP contribution is 2.26. The first-order chi connectivity index (χ1) is 14.9. The van der Waals surface area contributed by atoms with Crippen LogP contribution in [0.5, 0.6) is 0 Å². The van der Waals surface area contributed by atoms with E-state index in [-0.39, 0.29) is 10.9 Å². The number of aryl methyl sites for hydroxylation is 1. The van der Waals surface area contributed by atoms with Crippen molar-refractivity contribution >= 4 is 15.8 Å². The lowest BCUT2D eigenvalue weighted by molar-refractivity contribution is 0.222. The Morgan fingerprint density at radius 2 is 1.77 bits per heavy atom. The van der Waals surface area contributed by atoms with Gasteiger partial charge in [-0.25, -0.2) is 13.4 Å². The van der Waals surface area contributed by atoms with Crippen LogP contribution in [0.3, 0.4) is 0 Å². The summed E-state index contributed by atoms with van der Waals surface area (Å²) in [5.74, 6) is 0.592. The summed E-state index contributed by atoms with van der Waals surface area (Å²) in [5, 5.41) is 3.41. The predicted molar refractivity (Wildman–Crippen MR) is 121 cm³/mol. The van der Waals surface area contributed by atoms with Gasteiger partial charge in [0.2, 0.25) is 10.0 Å². The van der Waals surface area contributed by atoms with E-state index < -0.39 is 10.0 Å². The number of benzene rings is 1. The summed E-state index contributed by atoms with van der Waals surface area (Å²) in [5.41, 5.74) is 3.08. The molecule has 3 heterocycles. The van der Waals surface area contributed by atoms with Gasteiger partial charge in [-0.3, -0.25) is 4.98 Å². The van der Waals surface area contributed by atoms with Gasteiger partial charge in [0, 0.05) is 38.6 Å². The van der Waals surface area contributed by atoms with Crippen LogP contribution < -0.4 is 5.32 Å². The summed E-state index contributed by atoms with van der Waals surface area (Å²) in [6, 6.07) is 17.2. The van der Waals surface area contributed by atoms with Crippen LogP contribution in [0.4, 0.5) is 5.82 Å². The number of hydrogen-bond acceptors (Lipinski definition) is 6. The van der Waals surface area contributed by atoms with E-state index in [4.69, 9.17) is 0 Å². The first-order valence-electron chi connectivity index (χ1n) is 10.3. The van der Waals surface area contributed by atoms with Crippen molar-refractivity contribution in [1.82, 2.24) is 19.2 Å². The van der Waals surface area contributed by atoms with E-state index in [0.29, 0.717) is 18.9 Å². The fraction of sp³-hybridized carbons (Fsp3) is 0.304. The van der Waals surface area contributed by atoms with Crippen LogP contribution in [0.1, 0.15) is 22.9 Å². The average Bonchev–Trinajstić information content (AvgIpc) is 2.79. The summed E-state index contributed by atoms with van der Waals surface area (Å²) in [7, 11) is -1.54. The Morgan fingerprint density at radius 3 is 2.42 bits per heavy atom. The second-order valence-corrected chi connectivity index (χ2v) is 9.77. The third kappa shape index (κ3) is 4.92. The third-order valence-electron chi connectivity index (χ3n) is 5.49. The molecular formula is C23H27N5O2S. The van der Waals surface area contributed by atoms with Crippen molar-refractivity contribution in [3.63, 3.8) is 0 Å². The molecule has 1 unspecified atom stereocenters. The lowest BCUT2D eigenvalue weighted by Crippen LogP contribution is -2.47. The molecule has 1 aliphatic rings. The van der Waals surface area contributed by atoms with Gasteiger partial charge in [0.05, 0.1) is 11.7 Å². The zero-order valence-electron chi connectivity index (χ0n) is 17.8. The smallest absolute Gasteiger partial charge is 0.244 e. The number of rotatable bonds is 6. The van der Waals surface area contributed by atoms with E-state index in [1.165, 1.54) is 10.5 Å². The van der Waals surface area contributed by atoms with E-state index in [9.17, 15) is 8.42 Å². The van der Waals surface area contributed by atoms with Crippen LogP contribution in [0, 0.1) is 6.92 Å². The SMILES string of the molecule is Cc1cccc(C(Nc2ccc(S(=O)(=O)N3CCN(C)CC3)cn2)c2ccccn2)c1. The average molecular weight is 438 g/mol. The van der Waals surface area contributed by atoms with Crippen molar-refractivity contribution < 1.29 is 8.42 Å². The van der Waals surface area contributed by atoms with Crippen LogP contribution in [0.15, 0.2) is 71.9 Å². The van der Waals surface area contributed by atoms with E-state index in [2.05, 4.69) is 39.2 Å². The van der Waals surface area contributed by atoms with Gasteiger partial charge in [-0.1, -0.05) is 35.9 Å². The second kappa shape index (κ2) is 9.13. The highest BCUT2D eigenvalue weighted by molar-refractivity contribution is 7.89. The van der Waals surface area contributed by atoms with E-state index in [1.807, 2.05) is 37.4 Å².